The van der Waals surface area contributed by atoms with Crippen LogP contribution in [0.2, 0.25) is 5.02 Å². The van der Waals surface area contributed by atoms with Gasteiger partial charge in [-0.25, -0.2) is 0 Å². The summed E-state index contributed by atoms with van der Waals surface area (Å²) in [5.41, 5.74) is 0.792. The van der Waals surface area contributed by atoms with Crippen molar-refractivity contribution in [3.05, 3.63) is 59.4 Å². The highest BCUT2D eigenvalue weighted by Crippen LogP contribution is 2.20. The van der Waals surface area contributed by atoms with Gasteiger partial charge in [0, 0.05) is 17.0 Å². The number of hydrogen-bond donors (Lipinski definition) is 0. The molecule has 25 heavy (non-hydrogen) atoms. The number of methoxy groups -OCH3 is 1. The maximum atomic E-state index is 11.9. The predicted molar refractivity (Wildman–Crippen MR) is 91.7 cm³/mol. The smallest absolute Gasteiger partial charge is 0.311 e. The van der Waals surface area contributed by atoms with Gasteiger partial charge in [0.2, 0.25) is 11.7 Å². The zero-order valence-electron chi connectivity index (χ0n) is 13.4. The van der Waals surface area contributed by atoms with Gasteiger partial charge in [-0.2, -0.15) is 4.98 Å². The quantitative estimate of drug-likeness (QED) is 0.491. The molecule has 3 rings (SSSR count). The fourth-order valence-electron chi connectivity index (χ4n) is 2.11. The van der Waals surface area contributed by atoms with E-state index < -0.39 is 0 Å². The lowest BCUT2D eigenvalue weighted by atomic mass is 10.2. The van der Waals surface area contributed by atoms with Crippen LogP contribution in [0.3, 0.4) is 0 Å². The minimum Gasteiger partial charge on any atom is -0.497 e. The van der Waals surface area contributed by atoms with E-state index in [2.05, 4.69) is 10.1 Å². The molecule has 0 fully saturated rings. The number of hydrogen-bond acceptors (Lipinski definition) is 6. The minimum absolute atomic E-state index is 0.133. The number of carbonyl (C=O) groups excluding carboxylic acids is 1. The van der Waals surface area contributed by atoms with E-state index in [1.807, 2.05) is 0 Å². The van der Waals surface area contributed by atoms with Crippen molar-refractivity contribution in [1.82, 2.24) is 10.1 Å². The van der Waals surface area contributed by atoms with Crippen molar-refractivity contribution >= 4 is 17.6 Å². The van der Waals surface area contributed by atoms with Gasteiger partial charge in [0.15, 0.2) is 0 Å². The third-order valence-electron chi connectivity index (χ3n) is 3.40. The second kappa shape index (κ2) is 7.81. The average Bonchev–Trinajstić information content (AvgIpc) is 3.10. The van der Waals surface area contributed by atoms with E-state index in [4.69, 9.17) is 25.6 Å². The molecule has 0 amide bonds. The van der Waals surface area contributed by atoms with Crippen LogP contribution in [0.1, 0.15) is 12.3 Å². The lowest BCUT2D eigenvalue weighted by Gasteiger charge is -2.04. The second-order valence-electron chi connectivity index (χ2n) is 5.17. The number of rotatable bonds is 6. The third kappa shape index (κ3) is 4.58. The van der Waals surface area contributed by atoms with Gasteiger partial charge >= 0.3 is 5.97 Å². The summed E-state index contributed by atoms with van der Waals surface area (Å²) in [6, 6.07) is 13.9. The Morgan fingerprint density at radius 1 is 1.08 bits per heavy atom. The molecule has 0 N–H and O–H groups in total. The second-order valence-corrected chi connectivity index (χ2v) is 5.60. The lowest BCUT2D eigenvalue weighted by Crippen LogP contribution is -2.09. The molecular formula is C18H15ClN2O4. The van der Waals surface area contributed by atoms with E-state index in [1.165, 1.54) is 0 Å². The van der Waals surface area contributed by atoms with Crippen LogP contribution in [-0.4, -0.2) is 23.2 Å². The van der Waals surface area contributed by atoms with Crippen molar-refractivity contribution in [1.29, 1.82) is 0 Å². The van der Waals surface area contributed by atoms with Gasteiger partial charge in [0.1, 0.15) is 11.5 Å². The molecule has 0 atom stereocenters. The zero-order valence-corrected chi connectivity index (χ0v) is 14.2. The van der Waals surface area contributed by atoms with Gasteiger partial charge < -0.3 is 14.0 Å². The Bertz CT molecular complexity index is 844. The Morgan fingerprint density at radius 2 is 1.76 bits per heavy atom. The van der Waals surface area contributed by atoms with Crippen molar-refractivity contribution in [2.24, 2.45) is 0 Å². The van der Waals surface area contributed by atoms with Gasteiger partial charge in [-0.05, 0) is 48.5 Å². The van der Waals surface area contributed by atoms with E-state index in [9.17, 15) is 4.79 Å². The Balaban J connectivity index is 1.54. The molecule has 0 aliphatic heterocycles. The van der Waals surface area contributed by atoms with Gasteiger partial charge in [-0.3, -0.25) is 4.79 Å². The molecule has 0 aliphatic carbocycles. The molecule has 2 aromatic carbocycles. The van der Waals surface area contributed by atoms with Crippen LogP contribution < -0.4 is 9.47 Å². The molecule has 0 unspecified atom stereocenters. The molecule has 1 heterocycles. The first-order valence-electron chi connectivity index (χ1n) is 7.57. The summed E-state index contributed by atoms with van der Waals surface area (Å²) in [6.45, 7) is 0. The molecule has 128 valence electrons. The molecular weight excluding hydrogens is 344 g/mol. The summed E-state index contributed by atoms with van der Waals surface area (Å²) in [5, 5.41) is 4.54. The summed E-state index contributed by atoms with van der Waals surface area (Å²) >= 11 is 5.85. The molecule has 0 bridgehead atoms. The number of halogens is 1. The molecule has 3 aromatic rings. The normalized spacial score (nSPS) is 10.5. The maximum absolute atomic E-state index is 11.9. The number of esters is 1. The SMILES string of the molecule is COc1ccc(OC(=O)CCc2nc(-c3ccc(Cl)cc3)no2)cc1. The van der Waals surface area contributed by atoms with E-state index in [0.717, 1.165) is 5.56 Å². The van der Waals surface area contributed by atoms with Gasteiger partial charge in [0.05, 0.1) is 13.5 Å². The topological polar surface area (TPSA) is 74.5 Å². The van der Waals surface area contributed by atoms with Crippen molar-refractivity contribution in [3.8, 4) is 22.9 Å². The summed E-state index contributed by atoms with van der Waals surface area (Å²) < 4.78 is 15.5. The van der Waals surface area contributed by atoms with Gasteiger partial charge in [-0.1, -0.05) is 16.8 Å². The first-order valence-corrected chi connectivity index (χ1v) is 7.95. The minimum atomic E-state index is -0.378. The zero-order chi connectivity index (χ0) is 17.6. The van der Waals surface area contributed by atoms with Crippen molar-refractivity contribution in [2.45, 2.75) is 12.8 Å². The predicted octanol–water partition coefficient (Wildman–Crippen LogP) is 3.94. The molecule has 6 nitrogen and oxygen atoms in total. The van der Waals surface area contributed by atoms with Crippen LogP contribution in [-0.2, 0) is 11.2 Å². The summed E-state index contributed by atoms with van der Waals surface area (Å²) in [5.74, 6) is 1.60. The Morgan fingerprint density at radius 3 is 2.44 bits per heavy atom. The first kappa shape index (κ1) is 17.0. The molecule has 0 saturated heterocycles. The van der Waals surface area contributed by atoms with Crippen LogP contribution in [0.15, 0.2) is 53.1 Å². The number of benzene rings is 2. The van der Waals surface area contributed by atoms with E-state index >= 15 is 0 Å². The monoisotopic (exact) mass is 358 g/mol. The fourth-order valence-corrected chi connectivity index (χ4v) is 2.23. The average molecular weight is 359 g/mol. The Kier molecular flexibility index (Phi) is 5.30. The number of carbonyl (C=O) groups is 1. The number of aromatic nitrogens is 2. The highest BCUT2D eigenvalue weighted by molar-refractivity contribution is 6.30. The maximum Gasteiger partial charge on any atom is 0.311 e. The largest absolute Gasteiger partial charge is 0.497 e. The van der Waals surface area contributed by atoms with Gasteiger partial charge in [0.25, 0.3) is 0 Å². The Labute approximate surface area is 149 Å². The lowest BCUT2D eigenvalue weighted by molar-refractivity contribution is -0.134. The number of nitrogens with zero attached hydrogens (tertiary/aromatic N) is 2. The van der Waals surface area contributed by atoms with Crippen molar-refractivity contribution < 1.29 is 18.8 Å². The molecule has 0 saturated carbocycles. The van der Waals surface area contributed by atoms with Crippen molar-refractivity contribution in [2.75, 3.05) is 7.11 Å². The van der Waals surface area contributed by atoms with E-state index in [-0.39, 0.29) is 12.4 Å². The standard InChI is InChI=1S/C18H15ClN2O4/c1-23-14-6-8-15(9-7-14)24-17(22)11-10-16-20-18(21-25-16)12-2-4-13(19)5-3-12/h2-9H,10-11H2,1H3. The molecule has 7 heteroatoms. The highest BCUT2D eigenvalue weighted by Gasteiger charge is 2.12. The van der Waals surface area contributed by atoms with Crippen molar-refractivity contribution in [3.63, 3.8) is 0 Å². The van der Waals surface area contributed by atoms with Crippen LogP contribution in [0.25, 0.3) is 11.4 Å². The van der Waals surface area contributed by atoms with Crippen LogP contribution >= 0.6 is 11.6 Å². The Hall–Kier alpha value is -2.86. The number of aryl methyl sites for hydroxylation is 1. The van der Waals surface area contributed by atoms with Crippen LogP contribution in [0.5, 0.6) is 11.5 Å². The summed E-state index contributed by atoms with van der Waals surface area (Å²) in [7, 11) is 1.57. The highest BCUT2D eigenvalue weighted by atomic mass is 35.5. The van der Waals surface area contributed by atoms with Crippen LogP contribution in [0.4, 0.5) is 0 Å². The first-order chi connectivity index (χ1) is 12.1. The summed E-state index contributed by atoms with van der Waals surface area (Å²) in [4.78, 5) is 16.2. The molecule has 0 radical (unpaired) electrons. The van der Waals surface area contributed by atoms with Crippen LogP contribution in [0, 0.1) is 0 Å². The van der Waals surface area contributed by atoms with E-state index in [1.54, 1.807) is 55.6 Å². The molecule has 0 spiro atoms. The van der Waals surface area contributed by atoms with Gasteiger partial charge in [-0.15, -0.1) is 0 Å². The summed E-state index contributed by atoms with van der Waals surface area (Å²) in [6.07, 6.45) is 0.434. The fraction of sp³-hybridized carbons (Fsp3) is 0.167. The third-order valence-corrected chi connectivity index (χ3v) is 3.66. The molecule has 1 aromatic heterocycles. The molecule has 0 aliphatic rings. The van der Waals surface area contributed by atoms with E-state index in [0.29, 0.717) is 34.7 Å². The number of ether oxygens (including phenoxy) is 2.